The van der Waals surface area contributed by atoms with Crippen molar-refractivity contribution in [2.24, 2.45) is 5.92 Å². The van der Waals surface area contributed by atoms with Gasteiger partial charge in [0.25, 0.3) is 0 Å². The second-order valence-electron chi connectivity index (χ2n) is 5.65. The van der Waals surface area contributed by atoms with Crippen LogP contribution >= 0.6 is 0 Å². The summed E-state index contributed by atoms with van der Waals surface area (Å²) in [6.07, 6.45) is 2.00. The Morgan fingerprint density at radius 2 is 2.20 bits per heavy atom. The van der Waals surface area contributed by atoms with Gasteiger partial charge in [0, 0.05) is 18.8 Å². The van der Waals surface area contributed by atoms with E-state index in [4.69, 9.17) is 0 Å². The normalized spacial score (nSPS) is 17.6. The molecule has 1 saturated carbocycles. The smallest absolute Gasteiger partial charge is 0.326 e. The average Bonchev–Trinajstić information content (AvgIpc) is 3.25. The number of hydrogen-bond donors (Lipinski definition) is 2. The zero-order valence-electron chi connectivity index (χ0n) is 12.5. The van der Waals surface area contributed by atoms with Gasteiger partial charge in [0.2, 0.25) is 0 Å². The zero-order valence-corrected chi connectivity index (χ0v) is 12.5. The van der Waals surface area contributed by atoms with Crippen LogP contribution in [0.1, 0.15) is 25.3 Å². The van der Waals surface area contributed by atoms with Gasteiger partial charge in [0.05, 0.1) is 0 Å². The van der Waals surface area contributed by atoms with E-state index in [2.05, 4.69) is 36.2 Å². The summed E-state index contributed by atoms with van der Waals surface area (Å²) in [4.78, 5) is 13.9. The third-order valence-corrected chi connectivity index (χ3v) is 4.29. The van der Waals surface area contributed by atoms with Gasteiger partial charge >= 0.3 is 5.97 Å². The number of hydrogen-bond acceptors (Lipinski definition) is 3. The molecule has 1 unspecified atom stereocenters. The molecule has 0 amide bonds. The number of likely N-dealkylation sites (N-methyl/N-ethyl adjacent to an activating group) is 2. The van der Waals surface area contributed by atoms with Crippen LogP contribution in [0.25, 0.3) is 0 Å². The number of carbonyl (C=O) groups is 1. The summed E-state index contributed by atoms with van der Waals surface area (Å²) in [5.74, 6) is -0.502. The van der Waals surface area contributed by atoms with Crippen molar-refractivity contribution in [1.29, 1.82) is 0 Å². The van der Waals surface area contributed by atoms with Gasteiger partial charge in [-0.15, -0.1) is 0 Å². The number of rotatable bonds is 7. The summed E-state index contributed by atoms with van der Waals surface area (Å²) in [7, 11) is 1.76. The van der Waals surface area contributed by atoms with E-state index >= 15 is 0 Å². The molecular formula is C16H24N2O2. The van der Waals surface area contributed by atoms with Crippen molar-refractivity contribution in [2.45, 2.75) is 32.2 Å². The molecule has 2 N–H and O–H groups in total. The van der Waals surface area contributed by atoms with E-state index in [1.165, 1.54) is 5.56 Å². The summed E-state index contributed by atoms with van der Waals surface area (Å²) in [6, 6.07) is 8.23. The largest absolute Gasteiger partial charge is 0.480 e. The Balaban J connectivity index is 2.25. The lowest BCUT2D eigenvalue weighted by Crippen LogP contribution is -2.59. The van der Waals surface area contributed by atoms with E-state index in [-0.39, 0.29) is 5.92 Å². The first-order valence-corrected chi connectivity index (χ1v) is 7.27. The Morgan fingerprint density at radius 1 is 1.50 bits per heavy atom. The molecule has 110 valence electrons. The van der Waals surface area contributed by atoms with Crippen LogP contribution in [-0.2, 0) is 4.79 Å². The van der Waals surface area contributed by atoms with Gasteiger partial charge < -0.3 is 15.3 Å². The molecule has 0 heterocycles. The second kappa shape index (κ2) is 5.83. The summed E-state index contributed by atoms with van der Waals surface area (Å²) in [5, 5.41) is 12.8. The van der Waals surface area contributed by atoms with Crippen LogP contribution in [-0.4, -0.2) is 36.8 Å². The first kappa shape index (κ1) is 14.9. The predicted octanol–water partition coefficient (Wildman–Crippen LogP) is 2.27. The van der Waals surface area contributed by atoms with Crippen molar-refractivity contribution in [2.75, 3.05) is 25.0 Å². The third kappa shape index (κ3) is 2.80. The highest BCUT2D eigenvalue weighted by Crippen LogP contribution is 2.40. The van der Waals surface area contributed by atoms with E-state index in [0.717, 1.165) is 25.1 Å². The zero-order chi connectivity index (χ0) is 14.8. The van der Waals surface area contributed by atoms with Crippen LogP contribution in [0.4, 0.5) is 5.69 Å². The molecule has 0 radical (unpaired) electrons. The number of benzene rings is 1. The van der Waals surface area contributed by atoms with Crippen molar-refractivity contribution in [3.8, 4) is 0 Å². The minimum absolute atomic E-state index is 0.240. The molecule has 1 aliphatic carbocycles. The molecule has 1 atom stereocenters. The molecule has 1 aromatic rings. The van der Waals surface area contributed by atoms with Crippen LogP contribution < -0.4 is 10.2 Å². The van der Waals surface area contributed by atoms with E-state index in [9.17, 15) is 9.90 Å². The van der Waals surface area contributed by atoms with Crippen molar-refractivity contribution < 1.29 is 9.90 Å². The summed E-state index contributed by atoms with van der Waals surface area (Å²) in [5.41, 5.74) is 1.45. The Kier molecular flexibility index (Phi) is 4.33. The van der Waals surface area contributed by atoms with Crippen molar-refractivity contribution in [3.63, 3.8) is 0 Å². The lowest BCUT2D eigenvalue weighted by atomic mass is 9.92. The van der Waals surface area contributed by atoms with Crippen LogP contribution in [0, 0.1) is 12.8 Å². The minimum Gasteiger partial charge on any atom is -0.480 e. The van der Waals surface area contributed by atoms with Crippen LogP contribution in [0.3, 0.4) is 0 Å². The fourth-order valence-electron chi connectivity index (χ4n) is 2.85. The van der Waals surface area contributed by atoms with Crippen molar-refractivity contribution >= 4 is 11.7 Å². The molecule has 1 aromatic carbocycles. The molecule has 0 aromatic heterocycles. The quantitative estimate of drug-likeness (QED) is 0.802. The van der Waals surface area contributed by atoms with Gasteiger partial charge in [0.1, 0.15) is 5.54 Å². The molecule has 0 spiro atoms. The Morgan fingerprint density at radius 3 is 2.65 bits per heavy atom. The maximum absolute atomic E-state index is 11.8. The van der Waals surface area contributed by atoms with Gasteiger partial charge in [-0.2, -0.15) is 0 Å². The van der Waals surface area contributed by atoms with E-state index < -0.39 is 11.5 Å². The first-order chi connectivity index (χ1) is 9.53. The molecule has 1 aliphatic rings. The van der Waals surface area contributed by atoms with E-state index in [1.54, 1.807) is 7.05 Å². The standard InChI is InChI=1S/C16H24N2O2/c1-4-18(14-7-5-6-12(2)10-14)11-16(17-3,15(19)20)13-8-9-13/h5-7,10,13,17H,4,8-9,11H2,1-3H3,(H,19,20). The number of nitrogens with one attached hydrogen (secondary N) is 1. The molecule has 2 rings (SSSR count). The minimum atomic E-state index is -0.834. The van der Waals surface area contributed by atoms with E-state index in [0.29, 0.717) is 6.54 Å². The maximum atomic E-state index is 11.8. The Hall–Kier alpha value is -1.55. The molecule has 4 nitrogen and oxygen atoms in total. The van der Waals surface area contributed by atoms with Gasteiger partial charge in [-0.1, -0.05) is 12.1 Å². The fourth-order valence-corrected chi connectivity index (χ4v) is 2.85. The molecular weight excluding hydrogens is 252 g/mol. The number of carboxylic acids is 1. The van der Waals surface area contributed by atoms with Gasteiger partial charge in [-0.3, -0.25) is 4.79 Å². The van der Waals surface area contributed by atoms with Crippen LogP contribution in [0.2, 0.25) is 0 Å². The average molecular weight is 276 g/mol. The van der Waals surface area contributed by atoms with E-state index in [1.807, 2.05) is 12.1 Å². The molecule has 20 heavy (non-hydrogen) atoms. The van der Waals surface area contributed by atoms with Gasteiger partial charge in [0.15, 0.2) is 0 Å². The summed E-state index contributed by atoms with van der Waals surface area (Å²) < 4.78 is 0. The van der Waals surface area contributed by atoms with Crippen LogP contribution in [0.15, 0.2) is 24.3 Å². The number of nitrogens with zero attached hydrogens (tertiary/aromatic N) is 1. The lowest BCUT2D eigenvalue weighted by Gasteiger charge is -2.36. The molecule has 1 fully saturated rings. The molecule has 4 heteroatoms. The Labute approximate surface area is 120 Å². The predicted molar refractivity (Wildman–Crippen MR) is 81.2 cm³/mol. The Bertz CT molecular complexity index is 485. The maximum Gasteiger partial charge on any atom is 0.326 e. The highest BCUT2D eigenvalue weighted by Gasteiger charge is 2.51. The second-order valence-corrected chi connectivity index (χ2v) is 5.65. The first-order valence-electron chi connectivity index (χ1n) is 7.27. The number of aliphatic carboxylic acids is 1. The lowest BCUT2D eigenvalue weighted by molar-refractivity contribution is -0.145. The van der Waals surface area contributed by atoms with Gasteiger partial charge in [-0.05, 0) is 57.4 Å². The molecule has 0 aliphatic heterocycles. The molecule has 0 bridgehead atoms. The van der Waals surface area contributed by atoms with Crippen molar-refractivity contribution in [3.05, 3.63) is 29.8 Å². The number of aryl methyl sites for hydroxylation is 1. The summed E-state index contributed by atoms with van der Waals surface area (Å²) >= 11 is 0. The van der Waals surface area contributed by atoms with Crippen LogP contribution in [0.5, 0.6) is 0 Å². The highest BCUT2D eigenvalue weighted by atomic mass is 16.4. The number of carboxylic acid groups (broad SMARTS) is 1. The SMILES string of the molecule is CCN(CC(NC)(C(=O)O)C1CC1)c1cccc(C)c1. The van der Waals surface area contributed by atoms with Gasteiger partial charge in [-0.25, -0.2) is 0 Å². The monoisotopic (exact) mass is 276 g/mol. The topological polar surface area (TPSA) is 52.6 Å². The summed E-state index contributed by atoms with van der Waals surface area (Å²) in [6.45, 7) is 5.43. The molecule has 0 saturated heterocycles. The third-order valence-electron chi connectivity index (χ3n) is 4.29. The van der Waals surface area contributed by atoms with Crippen molar-refractivity contribution in [1.82, 2.24) is 5.32 Å². The number of anilines is 1. The highest BCUT2D eigenvalue weighted by molar-refractivity contribution is 5.81. The fraction of sp³-hybridized carbons (Fsp3) is 0.562.